The second kappa shape index (κ2) is 6.11. The summed E-state index contributed by atoms with van der Waals surface area (Å²) in [6, 6.07) is 18.4. The summed E-state index contributed by atoms with van der Waals surface area (Å²) >= 11 is 7.10. The summed E-state index contributed by atoms with van der Waals surface area (Å²) < 4.78 is 6.32. The third-order valence-corrected chi connectivity index (χ3v) is 4.71. The first-order chi connectivity index (χ1) is 11.7. The maximum absolute atomic E-state index is 12.1. The summed E-state index contributed by atoms with van der Waals surface area (Å²) in [7, 11) is 0. The van der Waals surface area contributed by atoms with Gasteiger partial charge in [-0.3, -0.25) is 4.79 Å². The van der Waals surface area contributed by atoms with E-state index in [1.54, 1.807) is 12.1 Å². The highest BCUT2D eigenvalue weighted by Crippen LogP contribution is 2.26. The first-order valence-electron chi connectivity index (χ1n) is 7.22. The Morgan fingerprint density at radius 2 is 1.83 bits per heavy atom. The van der Waals surface area contributed by atoms with Crippen LogP contribution in [0.3, 0.4) is 0 Å². The molecule has 4 nitrogen and oxygen atoms in total. The quantitative estimate of drug-likeness (QED) is 0.531. The van der Waals surface area contributed by atoms with Crippen LogP contribution in [0.25, 0.3) is 22.6 Å². The predicted molar refractivity (Wildman–Crippen MR) is 96.7 cm³/mol. The van der Waals surface area contributed by atoms with Gasteiger partial charge in [0.1, 0.15) is 5.52 Å². The van der Waals surface area contributed by atoms with E-state index in [0.717, 1.165) is 16.7 Å². The Morgan fingerprint density at radius 3 is 2.54 bits per heavy atom. The smallest absolute Gasteiger partial charge is 0.265 e. The van der Waals surface area contributed by atoms with E-state index in [2.05, 4.69) is 10.3 Å². The van der Waals surface area contributed by atoms with Gasteiger partial charge in [0.2, 0.25) is 5.89 Å². The monoisotopic (exact) mass is 354 g/mol. The molecule has 118 valence electrons. The van der Waals surface area contributed by atoms with Gasteiger partial charge < -0.3 is 9.73 Å². The van der Waals surface area contributed by atoms with Crippen LogP contribution in [0.2, 0.25) is 4.34 Å². The van der Waals surface area contributed by atoms with Crippen molar-refractivity contribution in [2.75, 3.05) is 5.32 Å². The van der Waals surface area contributed by atoms with Gasteiger partial charge in [0.15, 0.2) is 5.58 Å². The normalized spacial score (nSPS) is 10.9. The molecular formula is C18H11ClN2O2S. The lowest BCUT2D eigenvalue weighted by molar-refractivity contribution is 0.103. The number of carbonyl (C=O) groups excluding carboxylic acids is 1. The van der Waals surface area contributed by atoms with E-state index in [1.807, 2.05) is 48.5 Å². The molecule has 0 radical (unpaired) electrons. The number of hydrogen-bond donors (Lipinski definition) is 1. The molecule has 0 fully saturated rings. The van der Waals surface area contributed by atoms with E-state index in [4.69, 9.17) is 16.0 Å². The number of carbonyl (C=O) groups is 1. The Balaban J connectivity index is 1.55. The van der Waals surface area contributed by atoms with Gasteiger partial charge in [-0.1, -0.05) is 23.7 Å². The molecule has 1 N–H and O–H groups in total. The third kappa shape index (κ3) is 2.91. The average Bonchev–Trinajstić information content (AvgIpc) is 3.21. The van der Waals surface area contributed by atoms with Crippen molar-refractivity contribution in [3.8, 4) is 11.5 Å². The predicted octanol–water partition coefficient (Wildman–Crippen LogP) is 5.46. The van der Waals surface area contributed by atoms with Crippen molar-refractivity contribution in [2.45, 2.75) is 0 Å². The van der Waals surface area contributed by atoms with Gasteiger partial charge in [-0.2, -0.15) is 0 Å². The molecule has 0 saturated heterocycles. The van der Waals surface area contributed by atoms with Gasteiger partial charge in [0.25, 0.3) is 5.91 Å². The summed E-state index contributed by atoms with van der Waals surface area (Å²) in [6.07, 6.45) is 0. The van der Waals surface area contributed by atoms with Gasteiger partial charge in [-0.25, -0.2) is 4.98 Å². The molecule has 0 aliphatic heterocycles. The minimum atomic E-state index is -0.179. The van der Waals surface area contributed by atoms with Crippen molar-refractivity contribution in [1.29, 1.82) is 0 Å². The summed E-state index contributed by atoms with van der Waals surface area (Å²) in [5.74, 6) is 0.376. The molecule has 0 bridgehead atoms. The van der Waals surface area contributed by atoms with Crippen LogP contribution < -0.4 is 5.32 Å². The highest BCUT2D eigenvalue weighted by Gasteiger charge is 2.10. The molecule has 0 aliphatic carbocycles. The molecule has 2 aromatic heterocycles. The number of amides is 1. The summed E-state index contributed by atoms with van der Waals surface area (Å²) in [5, 5.41) is 2.84. The first-order valence-corrected chi connectivity index (χ1v) is 8.41. The number of rotatable bonds is 3. The molecule has 2 heterocycles. The van der Waals surface area contributed by atoms with Gasteiger partial charge in [-0.05, 0) is 48.5 Å². The topological polar surface area (TPSA) is 55.1 Å². The van der Waals surface area contributed by atoms with Gasteiger partial charge in [0, 0.05) is 11.3 Å². The van der Waals surface area contributed by atoms with Crippen LogP contribution in [0, 0.1) is 0 Å². The van der Waals surface area contributed by atoms with E-state index in [0.29, 0.717) is 20.8 Å². The Labute approximate surface area is 146 Å². The molecular weight excluding hydrogens is 344 g/mol. The molecule has 24 heavy (non-hydrogen) atoms. The van der Waals surface area contributed by atoms with Crippen LogP contribution >= 0.6 is 22.9 Å². The number of fused-ring (bicyclic) bond motifs is 1. The van der Waals surface area contributed by atoms with E-state index in [9.17, 15) is 4.79 Å². The lowest BCUT2D eigenvalue weighted by atomic mass is 10.2. The minimum absolute atomic E-state index is 0.179. The fourth-order valence-corrected chi connectivity index (χ4v) is 3.26. The number of anilines is 1. The highest BCUT2D eigenvalue weighted by atomic mass is 35.5. The molecule has 0 atom stereocenters. The SMILES string of the molecule is O=C(Nc1ccc(-c2nc3ccccc3o2)cc1)c1ccc(Cl)s1. The van der Waals surface area contributed by atoms with Crippen molar-refractivity contribution < 1.29 is 9.21 Å². The first kappa shape index (κ1) is 14.9. The Morgan fingerprint density at radius 1 is 1.04 bits per heavy atom. The highest BCUT2D eigenvalue weighted by molar-refractivity contribution is 7.18. The number of nitrogens with zero attached hydrogens (tertiary/aromatic N) is 1. The minimum Gasteiger partial charge on any atom is -0.436 e. The second-order valence-electron chi connectivity index (χ2n) is 5.12. The largest absolute Gasteiger partial charge is 0.436 e. The second-order valence-corrected chi connectivity index (χ2v) is 6.84. The number of hydrogen-bond acceptors (Lipinski definition) is 4. The summed E-state index contributed by atoms with van der Waals surface area (Å²) in [5.41, 5.74) is 3.12. The van der Waals surface area contributed by atoms with Crippen LogP contribution in [0.4, 0.5) is 5.69 Å². The van der Waals surface area contributed by atoms with E-state index < -0.39 is 0 Å². The molecule has 4 rings (SSSR count). The molecule has 0 saturated carbocycles. The molecule has 0 aliphatic rings. The molecule has 0 spiro atoms. The average molecular weight is 355 g/mol. The van der Waals surface area contributed by atoms with Crippen molar-refractivity contribution in [3.05, 3.63) is 69.9 Å². The third-order valence-electron chi connectivity index (χ3n) is 3.48. The number of oxazole rings is 1. The molecule has 6 heteroatoms. The standard InChI is InChI=1S/C18H11ClN2O2S/c19-16-10-9-15(24-16)17(22)20-12-7-5-11(6-8-12)18-21-13-3-1-2-4-14(13)23-18/h1-10H,(H,20,22). The maximum Gasteiger partial charge on any atom is 0.265 e. The summed E-state index contributed by atoms with van der Waals surface area (Å²) in [4.78, 5) is 17.1. The van der Waals surface area contributed by atoms with E-state index in [1.165, 1.54) is 11.3 Å². The lowest BCUT2D eigenvalue weighted by Gasteiger charge is -2.04. The zero-order chi connectivity index (χ0) is 16.5. The Kier molecular flexibility index (Phi) is 3.80. The molecule has 0 unspecified atom stereocenters. The zero-order valence-electron chi connectivity index (χ0n) is 12.3. The molecule has 1 amide bonds. The number of thiophene rings is 1. The zero-order valence-corrected chi connectivity index (χ0v) is 13.9. The number of nitrogens with one attached hydrogen (secondary N) is 1. The van der Waals surface area contributed by atoms with Crippen molar-refractivity contribution in [2.24, 2.45) is 0 Å². The number of para-hydroxylation sites is 2. The lowest BCUT2D eigenvalue weighted by Crippen LogP contribution is -2.09. The Bertz CT molecular complexity index is 988. The van der Waals surface area contributed by atoms with Crippen molar-refractivity contribution in [3.63, 3.8) is 0 Å². The molecule has 2 aromatic carbocycles. The molecule has 4 aromatic rings. The van der Waals surface area contributed by atoms with E-state index in [-0.39, 0.29) is 5.91 Å². The Hall–Kier alpha value is -2.63. The van der Waals surface area contributed by atoms with Gasteiger partial charge in [-0.15, -0.1) is 11.3 Å². The van der Waals surface area contributed by atoms with Crippen LogP contribution in [-0.2, 0) is 0 Å². The van der Waals surface area contributed by atoms with Crippen LogP contribution in [-0.4, -0.2) is 10.9 Å². The maximum atomic E-state index is 12.1. The summed E-state index contributed by atoms with van der Waals surface area (Å²) in [6.45, 7) is 0. The number of benzene rings is 2. The fourth-order valence-electron chi connectivity index (χ4n) is 2.32. The van der Waals surface area contributed by atoms with E-state index >= 15 is 0 Å². The van der Waals surface area contributed by atoms with Crippen LogP contribution in [0.1, 0.15) is 9.67 Å². The number of aromatic nitrogens is 1. The van der Waals surface area contributed by atoms with Crippen LogP contribution in [0.15, 0.2) is 65.1 Å². The number of halogens is 1. The van der Waals surface area contributed by atoms with Gasteiger partial charge >= 0.3 is 0 Å². The van der Waals surface area contributed by atoms with Crippen molar-refractivity contribution >= 4 is 45.6 Å². The van der Waals surface area contributed by atoms with Gasteiger partial charge in [0.05, 0.1) is 9.21 Å². The van der Waals surface area contributed by atoms with Crippen LogP contribution in [0.5, 0.6) is 0 Å². The fraction of sp³-hybridized carbons (Fsp3) is 0. The van der Waals surface area contributed by atoms with Crippen molar-refractivity contribution in [1.82, 2.24) is 4.98 Å².